The Hall–Kier alpha value is -3.27. The normalized spacial score (nSPS) is 10.2. The fourth-order valence-corrected chi connectivity index (χ4v) is 3.26. The monoisotopic (exact) mass is 372 g/mol. The van der Waals surface area contributed by atoms with Gasteiger partial charge in [-0.15, -0.1) is 0 Å². The quantitative estimate of drug-likeness (QED) is 0.372. The lowest BCUT2D eigenvalue weighted by Crippen LogP contribution is -2.04. The maximum atomic E-state index is 4.03. The van der Waals surface area contributed by atoms with Gasteiger partial charge in [-0.2, -0.15) is 0 Å². The fraction of sp³-hybridized carbons (Fsp3) is 0.208. The summed E-state index contributed by atoms with van der Waals surface area (Å²) < 4.78 is 0. The summed E-state index contributed by atoms with van der Waals surface area (Å²) in [6.45, 7) is 7.07. The van der Waals surface area contributed by atoms with Crippen LogP contribution in [0.25, 0.3) is 10.9 Å². The number of H-pyrrole nitrogens is 1. The van der Waals surface area contributed by atoms with Crippen LogP contribution < -0.4 is 10.6 Å². The number of fused-ring (bicyclic) bond motifs is 1. The number of benzene rings is 2. The number of aryl methyl sites for hydroxylation is 1. The molecule has 0 bridgehead atoms. The van der Waals surface area contributed by atoms with E-state index in [-0.39, 0.29) is 0 Å². The van der Waals surface area contributed by atoms with Crippen molar-refractivity contribution in [2.75, 3.05) is 17.2 Å². The lowest BCUT2D eigenvalue weighted by molar-refractivity contribution is 1.03. The van der Waals surface area contributed by atoms with E-state index in [1.165, 1.54) is 22.0 Å². The molecule has 0 saturated heterocycles. The summed E-state index contributed by atoms with van der Waals surface area (Å²) in [4.78, 5) is 7.40. The molecule has 0 aliphatic rings. The second-order valence-corrected chi connectivity index (χ2v) is 6.43. The summed E-state index contributed by atoms with van der Waals surface area (Å²) in [5, 5.41) is 8.22. The lowest BCUT2D eigenvalue weighted by atomic mass is 10.1. The highest BCUT2D eigenvalue weighted by molar-refractivity contribution is 5.86. The first kappa shape index (κ1) is 19.5. The van der Waals surface area contributed by atoms with Crippen LogP contribution >= 0.6 is 0 Å². The zero-order valence-corrected chi connectivity index (χ0v) is 16.8. The molecule has 0 saturated carbocycles. The SMILES string of the molecule is CC.Cc1cccc2[nH]cc(CCNc3ccc(Nc4ccncc4)cc3)c12. The van der Waals surface area contributed by atoms with Gasteiger partial charge in [0.15, 0.2) is 0 Å². The van der Waals surface area contributed by atoms with E-state index in [4.69, 9.17) is 0 Å². The first-order valence-electron chi connectivity index (χ1n) is 9.86. The molecule has 0 radical (unpaired) electrons. The average molecular weight is 373 g/mol. The van der Waals surface area contributed by atoms with E-state index in [0.29, 0.717) is 0 Å². The summed E-state index contributed by atoms with van der Waals surface area (Å²) >= 11 is 0. The standard InChI is InChI=1S/C22H22N4.C2H6/c1-16-3-2-4-21-22(16)17(15-25-21)9-14-24-18-5-7-19(8-6-18)26-20-10-12-23-13-11-20;1-2/h2-8,10-13,15,24-25H,9,14H2,1H3,(H,23,26);1-2H3. The smallest absolute Gasteiger partial charge is 0.0459 e. The molecule has 4 heteroatoms. The Morgan fingerprint density at radius 3 is 2.29 bits per heavy atom. The highest BCUT2D eigenvalue weighted by Crippen LogP contribution is 2.23. The third-order valence-corrected chi connectivity index (χ3v) is 4.57. The van der Waals surface area contributed by atoms with Gasteiger partial charge in [-0.1, -0.05) is 26.0 Å². The van der Waals surface area contributed by atoms with Gasteiger partial charge < -0.3 is 15.6 Å². The topological polar surface area (TPSA) is 52.7 Å². The van der Waals surface area contributed by atoms with Crippen molar-refractivity contribution in [1.82, 2.24) is 9.97 Å². The molecule has 2 aromatic heterocycles. The van der Waals surface area contributed by atoms with E-state index < -0.39 is 0 Å². The van der Waals surface area contributed by atoms with Crippen molar-refractivity contribution < 1.29 is 0 Å². The third-order valence-electron chi connectivity index (χ3n) is 4.57. The number of anilines is 3. The molecular formula is C24H28N4. The van der Waals surface area contributed by atoms with Crippen LogP contribution in [0.15, 0.2) is 73.2 Å². The minimum Gasteiger partial charge on any atom is -0.385 e. The molecule has 2 aromatic carbocycles. The number of aromatic nitrogens is 2. The maximum Gasteiger partial charge on any atom is 0.0459 e. The number of hydrogen-bond donors (Lipinski definition) is 3. The largest absolute Gasteiger partial charge is 0.385 e. The zero-order valence-electron chi connectivity index (χ0n) is 16.8. The van der Waals surface area contributed by atoms with E-state index in [0.717, 1.165) is 30.0 Å². The van der Waals surface area contributed by atoms with E-state index in [1.54, 1.807) is 12.4 Å². The van der Waals surface area contributed by atoms with Gasteiger partial charge in [0.05, 0.1) is 0 Å². The van der Waals surface area contributed by atoms with Crippen LogP contribution in [0.5, 0.6) is 0 Å². The molecule has 2 heterocycles. The van der Waals surface area contributed by atoms with Crippen LogP contribution in [0.3, 0.4) is 0 Å². The van der Waals surface area contributed by atoms with Gasteiger partial charge in [-0.3, -0.25) is 4.98 Å². The molecule has 0 fully saturated rings. The van der Waals surface area contributed by atoms with Crippen molar-refractivity contribution in [3.05, 3.63) is 84.3 Å². The van der Waals surface area contributed by atoms with E-state index in [2.05, 4.69) is 76.2 Å². The molecule has 0 amide bonds. The lowest BCUT2D eigenvalue weighted by Gasteiger charge is -2.09. The van der Waals surface area contributed by atoms with Crippen molar-refractivity contribution in [3.63, 3.8) is 0 Å². The van der Waals surface area contributed by atoms with Gasteiger partial charge in [0.1, 0.15) is 0 Å². The number of hydrogen-bond acceptors (Lipinski definition) is 3. The summed E-state index contributed by atoms with van der Waals surface area (Å²) in [5.74, 6) is 0. The fourth-order valence-electron chi connectivity index (χ4n) is 3.26. The van der Waals surface area contributed by atoms with Gasteiger partial charge in [-0.05, 0) is 66.9 Å². The van der Waals surface area contributed by atoms with Crippen LogP contribution in [-0.2, 0) is 6.42 Å². The number of rotatable bonds is 6. The van der Waals surface area contributed by atoms with Gasteiger partial charge in [0, 0.05) is 53.1 Å². The summed E-state index contributed by atoms with van der Waals surface area (Å²) in [6, 6.07) is 18.7. The second kappa shape index (κ2) is 9.60. The van der Waals surface area contributed by atoms with Crippen molar-refractivity contribution in [2.24, 2.45) is 0 Å². The van der Waals surface area contributed by atoms with Crippen molar-refractivity contribution >= 4 is 28.0 Å². The molecular weight excluding hydrogens is 344 g/mol. The molecule has 144 valence electrons. The third kappa shape index (κ3) is 4.71. The minimum absolute atomic E-state index is 0.901. The molecule has 0 unspecified atom stereocenters. The van der Waals surface area contributed by atoms with Crippen LogP contribution in [-0.4, -0.2) is 16.5 Å². The van der Waals surface area contributed by atoms with Gasteiger partial charge >= 0.3 is 0 Å². The van der Waals surface area contributed by atoms with Crippen LogP contribution in [0, 0.1) is 6.92 Å². The summed E-state index contributed by atoms with van der Waals surface area (Å²) in [6.07, 6.45) is 6.68. The zero-order chi connectivity index (χ0) is 19.8. The Balaban J connectivity index is 0.00000109. The van der Waals surface area contributed by atoms with Crippen LogP contribution in [0.1, 0.15) is 25.0 Å². The molecule has 28 heavy (non-hydrogen) atoms. The van der Waals surface area contributed by atoms with Crippen molar-refractivity contribution in [1.29, 1.82) is 0 Å². The highest BCUT2D eigenvalue weighted by atomic mass is 14.9. The molecule has 0 aliphatic heterocycles. The second-order valence-electron chi connectivity index (χ2n) is 6.43. The predicted octanol–water partition coefficient (Wildman–Crippen LogP) is 6.30. The Kier molecular flexibility index (Phi) is 6.68. The molecule has 3 N–H and O–H groups in total. The van der Waals surface area contributed by atoms with Crippen LogP contribution in [0.2, 0.25) is 0 Å². The molecule has 0 aliphatic carbocycles. The van der Waals surface area contributed by atoms with E-state index in [1.807, 2.05) is 26.0 Å². The molecule has 4 rings (SSSR count). The van der Waals surface area contributed by atoms with E-state index >= 15 is 0 Å². The Bertz CT molecular complexity index is 988. The number of aromatic amines is 1. The van der Waals surface area contributed by atoms with Gasteiger partial charge in [0.2, 0.25) is 0 Å². The first-order valence-corrected chi connectivity index (χ1v) is 9.86. The average Bonchev–Trinajstić information content (AvgIpc) is 3.16. The molecule has 4 nitrogen and oxygen atoms in total. The van der Waals surface area contributed by atoms with E-state index in [9.17, 15) is 0 Å². The Labute approximate surface area is 167 Å². The molecule has 0 spiro atoms. The highest BCUT2D eigenvalue weighted by Gasteiger charge is 2.05. The summed E-state index contributed by atoms with van der Waals surface area (Å²) in [7, 11) is 0. The van der Waals surface area contributed by atoms with Gasteiger partial charge in [0.25, 0.3) is 0 Å². The first-order chi connectivity index (χ1) is 13.8. The Morgan fingerprint density at radius 2 is 1.54 bits per heavy atom. The summed E-state index contributed by atoms with van der Waals surface area (Å²) in [5.41, 5.74) is 7.13. The molecule has 0 atom stereocenters. The Morgan fingerprint density at radius 1 is 0.857 bits per heavy atom. The number of nitrogens with one attached hydrogen (secondary N) is 3. The number of nitrogens with zero attached hydrogens (tertiary/aromatic N) is 1. The maximum absolute atomic E-state index is 4.03. The predicted molar refractivity (Wildman–Crippen MR) is 121 cm³/mol. The van der Waals surface area contributed by atoms with Crippen molar-refractivity contribution in [3.8, 4) is 0 Å². The molecule has 4 aromatic rings. The van der Waals surface area contributed by atoms with Crippen LogP contribution in [0.4, 0.5) is 17.1 Å². The minimum atomic E-state index is 0.901. The van der Waals surface area contributed by atoms with Crippen molar-refractivity contribution in [2.45, 2.75) is 27.2 Å². The number of pyridine rings is 1. The van der Waals surface area contributed by atoms with Gasteiger partial charge in [-0.25, -0.2) is 0 Å².